The zero-order valence-corrected chi connectivity index (χ0v) is 15.2. The standard InChI is InChI=1S/C19H15ClF2N4O/c1-11-23-18(24-26(11)14-6-4-12(20)5-7-14)19(27)25-8-2-3-15-16(22)9-13(21)10-17(15)25/h4-7,9-10H,2-3,8H2,1H3. The predicted octanol–water partition coefficient (Wildman–Crippen LogP) is 4.10. The van der Waals surface area contributed by atoms with Gasteiger partial charge in [0.05, 0.1) is 11.4 Å². The number of aromatic nitrogens is 3. The summed E-state index contributed by atoms with van der Waals surface area (Å²) >= 11 is 5.90. The van der Waals surface area contributed by atoms with Gasteiger partial charge in [-0.25, -0.2) is 18.4 Å². The van der Waals surface area contributed by atoms with E-state index in [1.807, 2.05) is 0 Å². The highest BCUT2D eigenvalue weighted by atomic mass is 35.5. The number of aryl methyl sites for hydroxylation is 1. The van der Waals surface area contributed by atoms with E-state index >= 15 is 0 Å². The van der Waals surface area contributed by atoms with Gasteiger partial charge < -0.3 is 4.90 Å². The van der Waals surface area contributed by atoms with Crippen LogP contribution >= 0.6 is 11.6 Å². The monoisotopic (exact) mass is 388 g/mol. The zero-order valence-electron chi connectivity index (χ0n) is 14.4. The van der Waals surface area contributed by atoms with Crippen LogP contribution in [0, 0.1) is 18.6 Å². The summed E-state index contributed by atoms with van der Waals surface area (Å²) in [5.41, 5.74) is 1.29. The van der Waals surface area contributed by atoms with Crippen molar-refractivity contribution in [3.63, 3.8) is 0 Å². The van der Waals surface area contributed by atoms with Crippen molar-refractivity contribution in [3.8, 4) is 5.69 Å². The second kappa shape index (κ2) is 6.74. The van der Waals surface area contributed by atoms with E-state index in [2.05, 4.69) is 10.1 Å². The van der Waals surface area contributed by atoms with Gasteiger partial charge in [0.2, 0.25) is 5.82 Å². The van der Waals surface area contributed by atoms with Gasteiger partial charge in [-0.1, -0.05) is 11.6 Å². The van der Waals surface area contributed by atoms with Gasteiger partial charge in [-0.2, -0.15) is 0 Å². The highest BCUT2D eigenvalue weighted by Gasteiger charge is 2.29. The Balaban J connectivity index is 1.71. The van der Waals surface area contributed by atoms with Gasteiger partial charge in [-0.05, 0) is 50.1 Å². The molecule has 1 aliphatic heterocycles. The molecule has 138 valence electrons. The lowest BCUT2D eigenvalue weighted by molar-refractivity contribution is 0.0975. The fourth-order valence-electron chi connectivity index (χ4n) is 3.25. The first-order valence-electron chi connectivity index (χ1n) is 8.43. The molecule has 0 N–H and O–H groups in total. The number of halogens is 3. The second-order valence-corrected chi connectivity index (χ2v) is 6.75. The Morgan fingerprint density at radius 3 is 2.67 bits per heavy atom. The van der Waals surface area contributed by atoms with Gasteiger partial charge in [-0.15, -0.1) is 5.10 Å². The smallest absolute Gasteiger partial charge is 0.297 e. The number of hydrogen-bond donors (Lipinski definition) is 0. The molecule has 5 nitrogen and oxygen atoms in total. The van der Waals surface area contributed by atoms with Crippen molar-refractivity contribution in [3.05, 3.63) is 70.3 Å². The van der Waals surface area contributed by atoms with Crippen LogP contribution in [0.25, 0.3) is 5.69 Å². The van der Waals surface area contributed by atoms with Crippen LogP contribution in [0.3, 0.4) is 0 Å². The molecule has 0 bridgehead atoms. The summed E-state index contributed by atoms with van der Waals surface area (Å²) < 4.78 is 29.3. The molecule has 27 heavy (non-hydrogen) atoms. The molecular weight excluding hydrogens is 374 g/mol. The lowest BCUT2D eigenvalue weighted by atomic mass is 10.0. The van der Waals surface area contributed by atoms with Gasteiger partial charge in [0, 0.05) is 23.2 Å². The molecule has 0 saturated carbocycles. The number of fused-ring (bicyclic) bond motifs is 1. The molecule has 8 heteroatoms. The van der Waals surface area contributed by atoms with Crippen LogP contribution in [0.2, 0.25) is 5.02 Å². The topological polar surface area (TPSA) is 51.0 Å². The predicted molar refractivity (Wildman–Crippen MR) is 97.5 cm³/mol. The minimum atomic E-state index is -0.721. The molecule has 0 radical (unpaired) electrons. The van der Waals surface area contributed by atoms with Crippen molar-refractivity contribution < 1.29 is 13.6 Å². The quantitative estimate of drug-likeness (QED) is 0.664. The molecule has 0 saturated heterocycles. The summed E-state index contributed by atoms with van der Waals surface area (Å²) in [5.74, 6) is -1.36. The highest BCUT2D eigenvalue weighted by Crippen LogP contribution is 2.31. The summed E-state index contributed by atoms with van der Waals surface area (Å²) in [6.07, 6.45) is 1.04. The minimum Gasteiger partial charge on any atom is -0.305 e. The Kier molecular flexibility index (Phi) is 4.39. The van der Waals surface area contributed by atoms with E-state index < -0.39 is 17.5 Å². The van der Waals surface area contributed by atoms with E-state index in [9.17, 15) is 13.6 Å². The highest BCUT2D eigenvalue weighted by molar-refractivity contribution is 6.30. The van der Waals surface area contributed by atoms with Crippen molar-refractivity contribution in [1.29, 1.82) is 0 Å². The largest absolute Gasteiger partial charge is 0.305 e. The van der Waals surface area contributed by atoms with Crippen LogP contribution in [0.15, 0.2) is 36.4 Å². The fourth-order valence-corrected chi connectivity index (χ4v) is 3.38. The molecule has 1 amide bonds. The molecule has 0 unspecified atom stereocenters. The Hall–Kier alpha value is -2.80. The van der Waals surface area contributed by atoms with Crippen LogP contribution in [0.4, 0.5) is 14.5 Å². The molecule has 0 atom stereocenters. The van der Waals surface area contributed by atoms with Crippen LogP contribution in [0.5, 0.6) is 0 Å². The third-order valence-electron chi connectivity index (χ3n) is 4.51. The number of hydrogen-bond acceptors (Lipinski definition) is 3. The molecule has 2 aromatic carbocycles. The average Bonchev–Trinajstić information content (AvgIpc) is 3.03. The summed E-state index contributed by atoms with van der Waals surface area (Å²) in [4.78, 5) is 18.5. The summed E-state index contributed by atoms with van der Waals surface area (Å²) in [6, 6.07) is 8.97. The van der Waals surface area contributed by atoms with E-state index in [0.29, 0.717) is 41.5 Å². The number of carbonyl (C=O) groups excluding carboxylic acids is 1. The first kappa shape index (κ1) is 17.6. The van der Waals surface area contributed by atoms with Gasteiger partial charge in [0.25, 0.3) is 5.91 Å². The minimum absolute atomic E-state index is 0.0278. The van der Waals surface area contributed by atoms with E-state index in [4.69, 9.17) is 11.6 Å². The fraction of sp³-hybridized carbons (Fsp3) is 0.211. The van der Waals surface area contributed by atoms with E-state index in [1.54, 1.807) is 31.2 Å². The molecule has 0 fully saturated rings. The number of anilines is 1. The van der Waals surface area contributed by atoms with E-state index in [0.717, 1.165) is 6.07 Å². The maximum absolute atomic E-state index is 14.1. The Labute approximate surface area is 159 Å². The van der Waals surface area contributed by atoms with Crippen LogP contribution in [-0.2, 0) is 6.42 Å². The maximum atomic E-state index is 14.1. The number of amides is 1. The summed E-state index contributed by atoms with van der Waals surface area (Å²) in [6.45, 7) is 2.07. The summed E-state index contributed by atoms with van der Waals surface area (Å²) in [5, 5.41) is 4.87. The number of rotatable bonds is 2. The summed E-state index contributed by atoms with van der Waals surface area (Å²) in [7, 11) is 0. The van der Waals surface area contributed by atoms with Gasteiger partial charge in [0.1, 0.15) is 17.5 Å². The average molecular weight is 389 g/mol. The zero-order chi connectivity index (χ0) is 19.1. The van der Waals surface area contributed by atoms with Gasteiger partial charge >= 0.3 is 0 Å². The second-order valence-electron chi connectivity index (χ2n) is 6.32. The maximum Gasteiger partial charge on any atom is 0.297 e. The van der Waals surface area contributed by atoms with E-state index in [-0.39, 0.29) is 11.5 Å². The molecular formula is C19H15ClF2N4O. The van der Waals surface area contributed by atoms with E-state index in [1.165, 1.54) is 15.6 Å². The van der Waals surface area contributed by atoms with Crippen LogP contribution in [-0.4, -0.2) is 27.2 Å². The van der Waals surface area contributed by atoms with Gasteiger partial charge in [0.15, 0.2) is 0 Å². The molecule has 0 spiro atoms. The van der Waals surface area contributed by atoms with Crippen molar-refractivity contribution >= 4 is 23.2 Å². The Morgan fingerprint density at radius 2 is 1.93 bits per heavy atom. The lowest BCUT2D eigenvalue weighted by Crippen LogP contribution is -2.36. The Morgan fingerprint density at radius 1 is 1.19 bits per heavy atom. The number of carbonyl (C=O) groups is 1. The van der Waals surface area contributed by atoms with Crippen LogP contribution < -0.4 is 4.90 Å². The molecule has 0 aliphatic carbocycles. The molecule has 1 aromatic heterocycles. The molecule has 2 heterocycles. The molecule has 4 rings (SSSR count). The molecule has 3 aromatic rings. The first-order valence-corrected chi connectivity index (χ1v) is 8.81. The van der Waals surface area contributed by atoms with Crippen molar-refractivity contribution in [2.75, 3.05) is 11.4 Å². The third-order valence-corrected chi connectivity index (χ3v) is 4.76. The Bertz CT molecular complexity index is 1030. The van der Waals surface area contributed by atoms with Crippen molar-refractivity contribution in [2.45, 2.75) is 19.8 Å². The van der Waals surface area contributed by atoms with Gasteiger partial charge in [-0.3, -0.25) is 4.79 Å². The first-order chi connectivity index (χ1) is 12.9. The number of nitrogens with zero attached hydrogens (tertiary/aromatic N) is 4. The number of benzene rings is 2. The van der Waals surface area contributed by atoms with Crippen LogP contribution in [0.1, 0.15) is 28.4 Å². The third kappa shape index (κ3) is 3.19. The molecule has 1 aliphatic rings. The normalized spacial score (nSPS) is 13.6. The van der Waals surface area contributed by atoms with Crippen molar-refractivity contribution in [2.24, 2.45) is 0 Å². The SMILES string of the molecule is Cc1nc(C(=O)N2CCCc3c(F)cc(F)cc32)nn1-c1ccc(Cl)cc1. The van der Waals surface area contributed by atoms with Crippen molar-refractivity contribution in [1.82, 2.24) is 14.8 Å². The lowest BCUT2D eigenvalue weighted by Gasteiger charge is -2.28.